The number of hydrogen-bond donors (Lipinski definition) is 2. The van der Waals surface area contributed by atoms with Crippen LogP contribution in [0.3, 0.4) is 0 Å². The molecule has 0 bridgehead atoms. The average Bonchev–Trinajstić information content (AvgIpc) is 3.27. The van der Waals surface area contributed by atoms with Gasteiger partial charge in [0.2, 0.25) is 0 Å². The Morgan fingerprint density at radius 1 is 1.03 bits per heavy atom. The number of aliphatic carboxylic acids is 1. The molecule has 0 radical (unpaired) electrons. The number of hydrogen-bond acceptors (Lipinski definition) is 5. The van der Waals surface area contributed by atoms with Crippen LogP contribution in [0.25, 0.3) is 22.1 Å². The fourth-order valence-corrected chi connectivity index (χ4v) is 3.70. The first-order chi connectivity index (χ1) is 15.6. The van der Waals surface area contributed by atoms with Crippen LogP contribution in [0, 0.1) is 0 Å². The molecule has 0 aliphatic carbocycles. The van der Waals surface area contributed by atoms with Crippen molar-refractivity contribution in [2.24, 2.45) is 5.73 Å². The smallest absolute Gasteiger partial charge is 0.307 e. The molecule has 3 aromatic carbocycles. The highest BCUT2D eigenvalue weighted by molar-refractivity contribution is 5.93. The summed E-state index contributed by atoms with van der Waals surface area (Å²) in [5.74, 6) is 0.222. The summed E-state index contributed by atoms with van der Waals surface area (Å²) in [5.41, 5.74) is 11.2. The van der Waals surface area contributed by atoms with Crippen LogP contribution in [-0.4, -0.2) is 17.7 Å². The van der Waals surface area contributed by atoms with Gasteiger partial charge in [0.25, 0.3) is 0 Å². The second-order valence-electron chi connectivity index (χ2n) is 7.45. The fourth-order valence-electron chi connectivity index (χ4n) is 3.70. The Morgan fingerprint density at radius 2 is 1.91 bits per heavy atom. The first kappa shape index (κ1) is 21.5. The van der Waals surface area contributed by atoms with E-state index in [1.54, 1.807) is 24.5 Å². The van der Waals surface area contributed by atoms with Crippen LogP contribution < -0.4 is 15.2 Å². The molecular formula is C26H25NO5. The van der Waals surface area contributed by atoms with Crippen molar-refractivity contribution in [3.63, 3.8) is 0 Å². The van der Waals surface area contributed by atoms with Gasteiger partial charge in [0.15, 0.2) is 0 Å². The minimum Gasteiger partial charge on any atom is -0.494 e. The summed E-state index contributed by atoms with van der Waals surface area (Å²) in [5, 5.41) is 10.2. The molecule has 0 fully saturated rings. The molecule has 0 unspecified atom stereocenters. The summed E-state index contributed by atoms with van der Waals surface area (Å²) in [4.78, 5) is 11.3. The SMILES string of the molecule is CCOc1ccc(CC(=O)O)c(OCc2cc(-c3cccc(CN)c3)c3occc3c2)c1. The number of fused-ring (bicyclic) bond motifs is 1. The molecule has 32 heavy (non-hydrogen) atoms. The molecule has 1 aromatic heterocycles. The van der Waals surface area contributed by atoms with E-state index in [4.69, 9.17) is 19.6 Å². The van der Waals surface area contributed by atoms with Gasteiger partial charge in [-0.1, -0.05) is 24.3 Å². The van der Waals surface area contributed by atoms with Crippen LogP contribution in [0.1, 0.15) is 23.6 Å². The highest BCUT2D eigenvalue weighted by atomic mass is 16.5. The van der Waals surface area contributed by atoms with E-state index in [0.29, 0.717) is 30.2 Å². The van der Waals surface area contributed by atoms with Crippen molar-refractivity contribution < 1.29 is 23.8 Å². The van der Waals surface area contributed by atoms with Gasteiger partial charge in [0, 0.05) is 29.1 Å². The Hall–Kier alpha value is -3.77. The van der Waals surface area contributed by atoms with Crippen molar-refractivity contribution in [1.82, 2.24) is 0 Å². The largest absolute Gasteiger partial charge is 0.494 e. The molecule has 0 spiro atoms. The van der Waals surface area contributed by atoms with Crippen molar-refractivity contribution in [3.05, 3.63) is 83.6 Å². The average molecular weight is 431 g/mol. The Morgan fingerprint density at radius 3 is 2.69 bits per heavy atom. The zero-order valence-electron chi connectivity index (χ0n) is 17.8. The van der Waals surface area contributed by atoms with Gasteiger partial charge in [0.1, 0.15) is 23.7 Å². The van der Waals surface area contributed by atoms with Crippen LogP contribution in [-0.2, 0) is 24.4 Å². The Balaban J connectivity index is 1.67. The molecule has 0 aliphatic rings. The number of furan rings is 1. The third-order valence-electron chi connectivity index (χ3n) is 5.17. The van der Waals surface area contributed by atoms with Crippen molar-refractivity contribution >= 4 is 16.9 Å². The van der Waals surface area contributed by atoms with Gasteiger partial charge in [-0.25, -0.2) is 0 Å². The van der Waals surface area contributed by atoms with E-state index in [0.717, 1.165) is 33.2 Å². The van der Waals surface area contributed by atoms with E-state index in [9.17, 15) is 9.90 Å². The van der Waals surface area contributed by atoms with Crippen molar-refractivity contribution in [3.8, 4) is 22.6 Å². The molecule has 6 nitrogen and oxygen atoms in total. The number of benzene rings is 3. The van der Waals surface area contributed by atoms with Crippen molar-refractivity contribution in [2.75, 3.05) is 6.61 Å². The van der Waals surface area contributed by atoms with Crippen LogP contribution in [0.2, 0.25) is 0 Å². The standard InChI is InChI=1S/C26H25NO5/c1-2-30-22-7-6-20(13-25(28)29)24(14-22)32-16-18-11-21-8-9-31-26(21)23(12-18)19-5-3-4-17(10-19)15-27/h3-12,14H,2,13,15-16,27H2,1H3,(H,28,29). The van der Waals surface area contributed by atoms with Crippen molar-refractivity contribution in [2.45, 2.75) is 26.5 Å². The van der Waals surface area contributed by atoms with Gasteiger partial charge in [-0.15, -0.1) is 0 Å². The molecule has 4 aromatic rings. The quantitative estimate of drug-likeness (QED) is 0.380. The summed E-state index contributed by atoms with van der Waals surface area (Å²) < 4.78 is 17.4. The molecule has 1 heterocycles. The maximum Gasteiger partial charge on any atom is 0.307 e. The summed E-state index contributed by atoms with van der Waals surface area (Å²) in [6, 6.07) is 19.2. The highest BCUT2D eigenvalue weighted by Crippen LogP contribution is 2.33. The van der Waals surface area contributed by atoms with Gasteiger partial charge in [-0.2, -0.15) is 0 Å². The lowest BCUT2D eigenvalue weighted by Crippen LogP contribution is -2.05. The summed E-state index contributed by atoms with van der Waals surface area (Å²) >= 11 is 0. The van der Waals surface area contributed by atoms with Crippen LogP contribution in [0.15, 0.2) is 71.3 Å². The minimum atomic E-state index is -0.916. The van der Waals surface area contributed by atoms with Crippen LogP contribution >= 0.6 is 0 Å². The molecule has 0 aliphatic heterocycles. The zero-order chi connectivity index (χ0) is 22.5. The molecule has 0 amide bonds. The predicted octanol–water partition coefficient (Wildman–Crippen LogP) is 5.16. The van der Waals surface area contributed by atoms with E-state index in [2.05, 4.69) is 6.07 Å². The van der Waals surface area contributed by atoms with E-state index in [-0.39, 0.29) is 13.0 Å². The summed E-state index contributed by atoms with van der Waals surface area (Å²) in [6.45, 7) is 3.14. The molecule has 0 saturated heterocycles. The van der Waals surface area contributed by atoms with Crippen LogP contribution in [0.5, 0.6) is 11.5 Å². The number of ether oxygens (including phenoxy) is 2. The molecular weight excluding hydrogens is 406 g/mol. The third-order valence-corrected chi connectivity index (χ3v) is 5.17. The maximum absolute atomic E-state index is 11.3. The van der Waals surface area contributed by atoms with Gasteiger partial charge in [-0.05, 0) is 53.9 Å². The number of carbonyl (C=O) groups is 1. The van der Waals surface area contributed by atoms with Gasteiger partial charge < -0.3 is 24.7 Å². The topological polar surface area (TPSA) is 94.9 Å². The monoisotopic (exact) mass is 431 g/mol. The van der Waals surface area contributed by atoms with Gasteiger partial charge in [-0.3, -0.25) is 4.79 Å². The fraction of sp³-hybridized carbons (Fsp3) is 0.192. The number of carboxylic acids is 1. The molecule has 4 rings (SSSR count). The van der Waals surface area contributed by atoms with E-state index in [1.807, 2.05) is 43.3 Å². The first-order valence-electron chi connectivity index (χ1n) is 10.5. The number of rotatable bonds is 9. The predicted molar refractivity (Wildman–Crippen MR) is 123 cm³/mol. The summed E-state index contributed by atoms with van der Waals surface area (Å²) in [7, 11) is 0. The lowest BCUT2D eigenvalue weighted by molar-refractivity contribution is -0.136. The second kappa shape index (κ2) is 9.58. The number of nitrogens with two attached hydrogens (primary N) is 1. The Labute approximate surface area is 186 Å². The van der Waals surface area contributed by atoms with Gasteiger partial charge in [0.05, 0.1) is 19.3 Å². The van der Waals surface area contributed by atoms with E-state index >= 15 is 0 Å². The van der Waals surface area contributed by atoms with Gasteiger partial charge >= 0.3 is 5.97 Å². The Kier molecular flexibility index (Phi) is 6.42. The first-order valence-corrected chi connectivity index (χ1v) is 10.5. The molecule has 0 atom stereocenters. The minimum absolute atomic E-state index is 0.125. The normalized spacial score (nSPS) is 10.9. The zero-order valence-corrected chi connectivity index (χ0v) is 17.8. The molecule has 6 heteroatoms. The number of carboxylic acid groups (broad SMARTS) is 1. The van der Waals surface area contributed by atoms with E-state index in [1.165, 1.54) is 0 Å². The summed E-state index contributed by atoms with van der Waals surface area (Å²) in [6.07, 6.45) is 1.54. The van der Waals surface area contributed by atoms with E-state index < -0.39 is 5.97 Å². The lowest BCUT2D eigenvalue weighted by atomic mass is 9.99. The molecule has 3 N–H and O–H groups in total. The second-order valence-corrected chi connectivity index (χ2v) is 7.45. The third kappa shape index (κ3) is 4.76. The molecule has 0 saturated carbocycles. The lowest BCUT2D eigenvalue weighted by Gasteiger charge is -2.14. The van der Waals surface area contributed by atoms with Crippen LogP contribution in [0.4, 0.5) is 0 Å². The van der Waals surface area contributed by atoms with Crippen molar-refractivity contribution in [1.29, 1.82) is 0 Å². The maximum atomic E-state index is 11.3. The molecule has 164 valence electrons. The highest BCUT2D eigenvalue weighted by Gasteiger charge is 2.13. The Bertz CT molecular complexity index is 1240.